The molecule has 0 spiro atoms. The lowest BCUT2D eigenvalue weighted by atomic mass is 10.1. The summed E-state index contributed by atoms with van der Waals surface area (Å²) in [6.07, 6.45) is 1.22. The second kappa shape index (κ2) is 4.35. The van der Waals surface area contributed by atoms with Crippen LogP contribution in [0.15, 0.2) is 0 Å². The average molecular weight is 201 g/mol. The van der Waals surface area contributed by atoms with Gasteiger partial charge in [-0.1, -0.05) is 12.2 Å². The van der Waals surface area contributed by atoms with Gasteiger partial charge in [0.1, 0.15) is 0 Å². The summed E-state index contributed by atoms with van der Waals surface area (Å²) in [6.45, 7) is 4.12. The summed E-state index contributed by atoms with van der Waals surface area (Å²) in [4.78, 5) is 5.24. The first kappa shape index (κ1) is 10.9. The molecule has 0 amide bonds. The number of hydrogen-bond acceptors (Lipinski definition) is 3. The van der Waals surface area contributed by atoms with Crippen LogP contribution in [0.25, 0.3) is 0 Å². The number of nitrogens with zero attached hydrogens (tertiary/aromatic N) is 2. The van der Waals surface area contributed by atoms with Gasteiger partial charge < -0.3 is 10.6 Å². The number of rotatable bonds is 3. The van der Waals surface area contributed by atoms with Gasteiger partial charge in [0.2, 0.25) is 0 Å². The first-order chi connectivity index (χ1) is 6.02. The van der Waals surface area contributed by atoms with Crippen molar-refractivity contribution in [2.24, 2.45) is 5.73 Å². The van der Waals surface area contributed by atoms with E-state index in [2.05, 4.69) is 30.8 Å². The number of likely N-dealkylation sites (N-methyl/N-ethyl adjacent to an activating group) is 1. The third kappa shape index (κ3) is 2.62. The maximum Gasteiger partial charge on any atom is 0.0870 e. The number of hydrogen-bond donors (Lipinski definition) is 1. The van der Waals surface area contributed by atoms with E-state index in [-0.39, 0.29) is 0 Å². The second-order valence-corrected chi connectivity index (χ2v) is 4.52. The van der Waals surface area contributed by atoms with Gasteiger partial charge in [-0.3, -0.25) is 4.90 Å². The van der Waals surface area contributed by atoms with E-state index in [0.717, 1.165) is 13.1 Å². The molecule has 0 aromatic carbocycles. The SMILES string of the molecule is CC1C(N(C)C)CCN1CC(N)=S. The van der Waals surface area contributed by atoms with Crippen molar-refractivity contribution in [2.45, 2.75) is 25.4 Å². The van der Waals surface area contributed by atoms with Gasteiger partial charge in [0, 0.05) is 25.2 Å². The first-order valence-electron chi connectivity index (χ1n) is 4.71. The predicted octanol–water partition coefficient (Wildman–Crippen LogP) is 0.297. The van der Waals surface area contributed by atoms with Gasteiger partial charge >= 0.3 is 0 Å². The van der Waals surface area contributed by atoms with Crippen molar-refractivity contribution in [3.05, 3.63) is 0 Å². The highest BCUT2D eigenvalue weighted by Crippen LogP contribution is 2.20. The number of nitrogens with two attached hydrogens (primary N) is 1. The molecular formula is C9H19N3S. The summed E-state index contributed by atoms with van der Waals surface area (Å²) in [5.74, 6) is 0. The van der Waals surface area contributed by atoms with Crippen LogP contribution < -0.4 is 5.73 Å². The summed E-state index contributed by atoms with van der Waals surface area (Å²) in [6, 6.07) is 1.21. The van der Waals surface area contributed by atoms with Gasteiger partial charge in [0.25, 0.3) is 0 Å². The molecule has 2 unspecified atom stereocenters. The Balaban J connectivity index is 2.49. The minimum atomic E-state index is 0.566. The maximum atomic E-state index is 5.53. The molecule has 1 fully saturated rings. The van der Waals surface area contributed by atoms with E-state index in [9.17, 15) is 0 Å². The van der Waals surface area contributed by atoms with Crippen LogP contribution in [0.4, 0.5) is 0 Å². The molecule has 2 atom stereocenters. The van der Waals surface area contributed by atoms with E-state index < -0.39 is 0 Å². The molecule has 0 aromatic rings. The monoisotopic (exact) mass is 201 g/mol. The second-order valence-electron chi connectivity index (χ2n) is 4.00. The molecule has 3 nitrogen and oxygen atoms in total. The molecule has 13 heavy (non-hydrogen) atoms. The topological polar surface area (TPSA) is 32.5 Å². The quantitative estimate of drug-likeness (QED) is 0.666. The fraction of sp³-hybridized carbons (Fsp3) is 0.889. The molecule has 0 saturated carbocycles. The van der Waals surface area contributed by atoms with Crippen molar-refractivity contribution >= 4 is 17.2 Å². The van der Waals surface area contributed by atoms with E-state index in [1.54, 1.807) is 0 Å². The van der Waals surface area contributed by atoms with E-state index in [1.165, 1.54) is 6.42 Å². The molecule has 1 aliphatic rings. The lowest BCUT2D eigenvalue weighted by Crippen LogP contribution is -2.42. The lowest BCUT2D eigenvalue weighted by Gasteiger charge is -2.27. The van der Waals surface area contributed by atoms with Crippen molar-refractivity contribution in [3.8, 4) is 0 Å². The van der Waals surface area contributed by atoms with Gasteiger partial charge in [0.15, 0.2) is 0 Å². The minimum Gasteiger partial charge on any atom is -0.392 e. The highest BCUT2D eigenvalue weighted by atomic mass is 32.1. The Morgan fingerprint density at radius 1 is 1.62 bits per heavy atom. The smallest absolute Gasteiger partial charge is 0.0870 e. The molecule has 1 saturated heterocycles. The third-order valence-corrected chi connectivity index (χ3v) is 3.00. The summed E-state index contributed by atoms with van der Waals surface area (Å²) in [5.41, 5.74) is 5.53. The standard InChI is InChI=1S/C9H19N3S/c1-7-8(11(2)3)4-5-12(7)6-9(10)13/h7-8H,4-6H2,1-3H3,(H2,10,13). The Morgan fingerprint density at radius 3 is 2.62 bits per heavy atom. The Hall–Kier alpha value is -0.190. The molecule has 2 N–H and O–H groups in total. The van der Waals surface area contributed by atoms with Crippen LogP contribution in [0.3, 0.4) is 0 Å². The molecule has 0 aromatic heterocycles. The van der Waals surface area contributed by atoms with E-state index in [1.807, 2.05) is 0 Å². The van der Waals surface area contributed by atoms with E-state index >= 15 is 0 Å². The van der Waals surface area contributed by atoms with Crippen molar-refractivity contribution in [3.63, 3.8) is 0 Å². The Bertz CT molecular complexity index is 193. The lowest BCUT2D eigenvalue weighted by molar-refractivity contribution is 0.215. The molecule has 0 bridgehead atoms. The summed E-state index contributed by atoms with van der Waals surface area (Å²) < 4.78 is 0. The summed E-state index contributed by atoms with van der Waals surface area (Å²) in [5, 5.41) is 0. The van der Waals surface area contributed by atoms with Crippen LogP contribution in [0.5, 0.6) is 0 Å². The summed E-state index contributed by atoms with van der Waals surface area (Å²) in [7, 11) is 4.26. The van der Waals surface area contributed by atoms with Gasteiger partial charge in [-0.2, -0.15) is 0 Å². The zero-order chi connectivity index (χ0) is 10.0. The molecule has 1 rings (SSSR count). The molecule has 0 aliphatic carbocycles. The average Bonchev–Trinajstić information content (AvgIpc) is 2.32. The van der Waals surface area contributed by atoms with Gasteiger partial charge in [-0.15, -0.1) is 0 Å². The van der Waals surface area contributed by atoms with E-state index in [0.29, 0.717) is 17.1 Å². The van der Waals surface area contributed by atoms with Crippen molar-refractivity contribution in [2.75, 3.05) is 27.2 Å². The molecule has 1 heterocycles. The van der Waals surface area contributed by atoms with Crippen LogP contribution in [-0.2, 0) is 0 Å². The Morgan fingerprint density at radius 2 is 2.23 bits per heavy atom. The van der Waals surface area contributed by atoms with Crippen molar-refractivity contribution in [1.82, 2.24) is 9.80 Å². The molecule has 1 aliphatic heterocycles. The molecule has 4 heteroatoms. The van der Waals surface area contributed by atoms with Gasteiger partial charge in [-0.05, 0) is 27.4 Å². The van der Waals surface area contributed by atoms with E-state index in [4.69, 9.17) is 18.0 Å². The van der Waals surface area contributed by atoms with Crippen LogP contribution in [-0.4, -0.2) is 54.1 Å². The molecule has 0 radical (unpaired) electrons. The van der Waals surface area contributed by atoms with Crippen LogP contribution >= 0.6 is 12.2 Å². The van der Waals surface area contributed by atoms with Crippen molar-refractivity contribution in [1.29, 1.82) is 0 Å². The molecule has 76 valence electrons. The predicted molar refractivity (Wildman–Crippen MR) is 59.9 cm³/mol. The first-order valence-corrected chi connectivity index (χ1v) is 5.12. The number of likely N-dealkylation sites (tertiary alicyclic amines) is 1. The number of thiocarbonyl (C=S) groups is 1. The van der Waals surface area contributed by atoms with Crippen LogP contribution in [0.2, 0.25) is 0 Å². The zero-order valence-corrected chi connectivity index (χ0v) is 9.47. The van der Waals surface area contributed by atoms with Gasteiger partial charge in [-0.25, -0.2) is 0 Å². The Labute approximate surface area is 85.9 Å². The van der Waals surface area contributed by atoms with Crippen LogP contribution in [0, 0.1) is 0 Å². The molecular weight excluding hydrogens is 182 g/mol. The summed E-state index contributed by atoms with van der Waals surface area (Å²) >= 11 is 4.91. The third-order valence-electron chi connectivity index (χ3n) is 2.87. The largest absolute Gasteiger partial charge is 0.392 e. The van der Waals surface area contributed by atoms with Crippen molar-refractivity contribution < 1.29 is 0 Å². The van der Waals surface area contributed by atoms with Crippen LogP contribution in [0.1, 0.15) is 13.3 Å². The fourth-order valence-electron chi connectivity index (χ4n) is 2.10. The highest BCUT2D eigenvalue weighted by Gasteiger charge is 2.31. The Kier molecular flexibility index (Phi) is 3.64. The maximum absolute atomic E-state index is 5.53. The highest BCUT2D eigenvalue weighted by molar-refractivity contribution is 7.80. The van der Waals surface area contributed by atoms with Gasteiger partial charge in [0.05, 0.1) is 4.99 Å². The minimum absolute atomic E-state index is 0.566. The normalized spacial score (nSPS) is 29.8. The fourth-order valence-corrected chi connectivity index (χ4v) is 2.26. The zero-order valence-electron chi connectivity index (χ0n) is 8.66.